The number of likely N-dealkylation sites (N-methyl/N-ethyl adjacent to an activating group) is 1. The number of nitrogens with two attached hydrogens (primary N) is 1. The minimum absolute atomic E-state index is 0.0945. The summed E-state index contributed by atoms with van der Waals surface area (Å²) in [7, 11) is 1.88. The van der Waals surface area contributed by atoms with Gasteiger partial charge in [-0.05, 0) is 42.8 Å². The van der Waals surface area contributed by atoms with Crippen molar-refractivity contribution in [3.63, 3.8) is 0 Å². The van der Waals surface area contributed by atoms with Crippen molar-refractivity contribution in [3.05, 3.63) is 59.7 Å². The SMILES string of the molecule is CNC(Cc1cnccc1N)c1ccc(F)cc1. The Kier molecular flexibility index (Phi) is 3.89. The van der Waals surface area contributed by atoms with Crippen LogP contribution in [0.1, 0.15) is 17.2 Å². The van der Waals surface area contributed by atoms with Crippen LogP contribution in [0.2, 0.25) is 0 Å². The zero-order valence-electron chi connectivity index (χ0n) is 10.2. The van der Waals surface area contributed by atoms with Gasteiger partial charge in [-0.1, -0.05) is 12.1 Å². The monoisotopic (exact) mass is 245 g/mol. The standard InChI is InChI=1S/C14H16FN3/c1-17-14(10-2-4-12(15)5-3-10)8-11-9-18-7-6-13(11)16/h2-7,9,14,17H,8H2,1H3,(H2,16,18). The van der Waals surface area contributed by atoms with Crippen molar-refractivity contribution in [1.82, 2.24) is 10.3 Å². The van der Waals surface area contributed by atoms with E-state index >= 15 is 0 Å². The van der Waals surface area contributed by atoms with Crippen LogP contribution in [-0.2, 0) is 6.42 Å². The summed E-state index contributed by atoms with van der Waals surface area (Å²) in [4.78, 5) is 4.07. The number of halogens is 1. The first-order chi connectivity index (χ1) is 8.70. The van der Waals surface area contributed by atoms with Crippen molar-refractivity contribution in [2.45, 2.75) is 12.5 Å². The Labute approximate surface area is 106 Å². The highest BCUT2D eigenvalue weighted by atomic mass is 19.1. The summed E-state index contributed by atoms with van der Waals surface area (Å²) in [5.41, 5.74) is 8.64. The van der Waals surface area contributed by atoms with Crippen molar-refractivity contribution in [2.75, 3.05) is 12.8 Å². The molecule has 94 valence electrons. The van der Waals surface area contributed by atoms with Gasteiger partial charge in [-0.25, -0.2) is 4.39 Å². The molecule has 0 aliphatic heterocycles. The average Bonchev–Trinajstić information content (AvgIpc) is 2.39. The molecule has 3 N–H and O–H groups in total. The van der Waals surface area contributed by atoms with E-state index in [-0.39, 0.29) is 11.9 Å². The van der Waals surface area contributed by atoms with E-state index in [4.69, 9.17) is 5.73 Å². The fourth-order valence-corrected chi connectivity index (χ4v) is 1.91. The third kappa shape index (κ3) is 2.84. The number of pyridine rings is 1. The van der Waals surface area contributed by atoms with Crippen LogP contribution < -0.4 is 11.1 Å². The molecule has 1 atom stereocenters. The molecule has 18 heavy (non-hydrogen) atoms. The number of rotatable bonds is 4. The number of benzene rings is 1. The van der Waals surface area contributed by atoms with Crippen LogP contribution in [0.4, 0.5) is 10.1 Å². The molecular weight excluding hydrogens is 229 g/mol. The van der Waals surface area contributed by atoms with Crippen molar-refractivity contribution >= 4 is 5.69 Å². The summed E-state index contributed by atoms with van der Waals surface area (Å²) < 4.78 is 12.9. The number of hydrogen-bond acceptors (Lipinski definition) is 3. The van der Waals surface area contributed by atoms with Gasteiger partial charge in [-0.15, -0.1) is 0 Å². The van der Waals surface area contributed by atoms with E-state index in [1.54, 1.807) is 30.6 Å². The van der Waals surface area contributed by atoms with E-state index in [2.05, 4.69) is 10.3 Å². The molecule has 0 aliphatic carbocycles. The smallest absolute Gasteiger partial charge is 0.123 e. The largest absolute Gasteiger partial charge is 0.398 e. The first-order valence-corrected chi connectivity index (χ1v) is 5.82. The highest BCUT2D eigenvalue weighted by Gasteiger charge is 2.11. The minimum atomic E-state index is -0.227. The molecule has 0 bridgehead atoms. The van der Waals surface area contributed by atoms with Crippen LogP contribution in [0, 0.1) is 5.82 Å². The third-order valence-corrected chi connectivity index (χ3v) is 2.99. The van der Waals surface area contributed by atoms with E-state index in [1.807, 2.05) is 7.05 Å². The van der Waals surface area contributed by atoms with Gasteiger partial charge in [-0.3, -0.25) is 4.98 Å². The zero-order chi connectivity index (χ0) is 13.0. The van der Waals surface area contributed by atoms with Gasteiger partial charge in [-0.2, -0.15) is 0 Å². The molecule has 1 heterocycles. The third-order valence-electron chi connectivity index (χ3n) is 2.99. The molecule has 0 radical (unpaired) electrons. The fourth-order valence-electron chi connectivity index (χ4n) is 1.91. The highest BCUT2D eigenvalue weighted by Crippen LogP contribution is 2.21. The van der Waals surface area contributed by atoms with Crippen LogP contribution in [-0.4, -0.2) is 12.0 Å². The van der Waals surface area contributed by atoms with Gasteiger partial charge in [0.15, 0.2) is 0 Å². The summed E-state index contributed by atoms with van der Waals surface area (Å²) >= 11 is 0. The molecule has 2 aromatic rings. The maximum Gasteiger partial charge on any atom is 0.123 e. The lowest BCUT2D eigenvalue weighted by Gasteiger charge is -2.17. The summed E-state index contributed by atoms with van der Waals surface area (Å²) in [5, 5.41) is 3.21. The molecule has 2 rings (SSSR count). The molecule has 1 unspecified atom stereocenters. The summed E-state index contributed by atoms with van der Waals surface area (Å²) in [6.07, 6.45) is 4.16. The normalized spacial score (nSPS) is 12.3. The molecule has 0 aliphatic rings. The maximum atomic E-state index is 12.9. The topological polar surface area (TPSA) is 50.9 Å². The lowest BCUT2D eigenvalue weighted by atomic mass is 9.99. The van der Waals surface area contributed by atoms with Crippen LogP contribution >= 0.6 is 0 Å². The van der Waals surface area contributed by atoms with Gasteiger partial charge in [0.05, 0.1) is 0 Å². The van der Waals surface area contributed by atoms with Crippen LogP contribution in [0.5, 0.6) is 0 Å². The minimum Gasteiger partial charge on any atom is -0.398 e. The molecular formula is C14H16FN3. The van der Waals surface area contributed by atoms with E-state index in [0.717, 1.165) is 23.2 Å². The molecule has 0 saturated carbocycles. The quantitative estimate of drug-likeness (QED) is 0.869. The number of nitrogen functional groups attached to an aromatic ring is 1. The van der Waals surface area contributed by atoms with Gasteiger partial charge in [0.25, 0.3) is 0 Å². The van der Waals surface area contributed by atoms with Gasteiger partial charge in [0.2, 0.25) is 0 Å². The summed E-state index contributed by atoms with van der Waals surface area (Å²) in [6.45, 7) is 0. The van der Waals surface area contributed by atoms with Gasteiger partial charge in [0, 0.05) is 24.1 Å². The van der Waals surface area contributed by atoms with Crippen molar-refractivity contribution in [3.8, 4) is 0 Å². The number of aromatic nitrogens is 1. The van der Waals surface area contributed by atoms with Gasteiger partial charge >= 0.3 is 0 Å². The second-order valence-corrected chi connectivity index (χ2v) is 4.17. The number of hydrogen-bond donors (Lipinski definition) is 2. The fraction of sp³-hybridized carbons (Fsp3) is 0.214. The first-order valence-electron chi connectivity index (χ1n) is 5.82. The predicted molar refractivity (Wildman–Crippen MR) is 70.6 cm³/mol. The lowest BCUT2D eigenvalue weighted by molar-refractivity contribution is 0.586. The molecule has 0 fully saturated rings. The highest BCUT2D eigenvalue weighted by molar-refractivity contribution is 5.45. The van der Waals surface area contributed by atoms with Crippen molar-refractivity contribution < 1.29 is 4.39 Å². The second kappa shape index (κ2) is 5.60. The Bertz CT molecular complexity index is 511. The van der Waals surface area contributed by atoms with Gasteiger partial charge < -0.3 is 11.1 Å². The van der Waals surface area contributed by atoms with Gasteiger partial charge in [0.1, 0.15) is 5.82 Å². The Balaban J connectivity index is 2.20. The van der Waals surface area contributed by atoms with Crippen molar-refractivity contribution in [2.24, 2.45) is 0 Å². The van der Waals surface area contributed by atoms with Crippen molar-refractivity contribution in [1.29, 1.82) is 0 Å². The summed E-state index contributed by atoms with van der Waals surface area (Å²) in [6, 6.07) is 8.37. The first kappa shape index (κ1) is 12.5. The molecule has 1 aromatic heterocycles. The van der Waals surface area contributed by atoms with E-state index in [0.29, 0.717) is 0 Å². The molecule has 0 saturated heterocycles. The molecule has 4 heteroatoms. The van der Waals surface area contributed by atoms with E-state index in [9.17, 15) is 4.39 Å². The predicted octanol–water partition coefficient (Wildman–Crippen LogP) is 2.31. The number of anilines is 1. The summed E-state index contributed by atoms with van der Waals surface area (Å²) in [5.74, 6) is -0.227. The Morgan fingerprint density at radius 1 is 1.28 bits per heavy atom. The number of nitrogens with one attached hydrogen (secondary N) is 1. The Hall–Kier alpha value is -1.94. The molecule has 0 amide bonds. The van der Waals surface area contributed by atoms with E-state index in [1.165, 1.54) is 12.1 Å². The lowest BCUT2D eigenvalue weighted by Crippen LogP contribution is -2.19. The molecule has 1 aromatic carbocycles. The van der Waals surface area contributed by atoms with Crippen LogP contribution in [0.3, 0.4) is 0 Å². The second-order valence-electron chi connectivity index (χ2n) is 4.17. The molecule has 3 nitrogen and oxygen atoms in total. The van der Waals surface area contributed by atoms with Crippen LogP contribution in [0.15, 0.2) is 42.7 Å². The maximum absolute atomic E-state index is 12.9. The van der Waals surface area contributed by atoms with E-state index < -0.39 is 0 Å². The molecule has 0 spiro atoms. The average molecular weight is 245 g/mol. The zero-order valence-corrected chi connectivity index (χ0v) is 10.2. The Morgan fingerprint density at radius 2 is 2.00 bits per heavy atom. The number of nitrogens with zero attached hydrogens (tertiary/aromatic N) is 1. The Morgan fingerprint density at radius 3 is 2.61 bits per heavy atom. The van der Waals surface area contributed by atoms with Crippen LogP contribution in [0.25, 0.3) is 0 Å².